The zero-order chi connectivity index (χ0) is 22.2. The molecule has 3 aromatic carbocycles. The molecule has 1 aliphatic heterocycles. The van der Waals surface area contributed by atoms with Crippen molar-refractivity contribution >= 4 is 22.6 Å². The fourth-order valence-corrected chi connectivity index (χ4v) is 4.09. The van der Waals surface area contributed by atoms with Crippen molar-refractivity contribution in [2.45, 2.75) is 19.0 Å². The number of amides is 2. The second-order valence-corrected chi connectivity index (χ2v) is 7.82. The number of benzene rings is 3. The van der Waals surface area contributed by atoms with Crippen LogP contribution in [0.25, 0.3) is 21.9 Å². The number of halogens is 3. The van der Waals surface area contributed by atoms with E-state index in [1.54, 1.807) is 36.4 Å². The van der Waals surface area contributed by atoms with Crippen LogP contribution in [0.5, 0.6) is 0 Å². The highest BCUT2D eigenvalue weighted by molar-refractivity contribution is 6.03. The van der Waals surface area contributed by atoms with E-state index in [4.69, 9.17) is 5.73 Å². The third-order valence-electron chi connectivity index (χ3n) is 5.78. The van der Waals surface area contributed by atoms with Gasteiger partial charge >= 0.3 is 6.18 Å². The quantitative estimate of drug-likeness (QED) is 0.639. The maximum absolute atomic E-state index is 13.1. The minimum absolute atomic E-state index is 0.0584. The highest BCUT2D eigenvalue weighted by atomic mass is 19.4. The predicted molar refractivity (Wildman–Crippen MR) is 113 cm³/mol. The molecule has 4 rings (SSSR count). The second-order valence-electron chi connectivity index (χ2n) is 7.82. The Bertz CT molecular complexity index is 1140. The monoisotopic (exact) mass is 426 g/mol. The zero-order valence-corrected chi connectivity index (χ0v) is 16.7. The number of carbonyl (C=O) groups excluding carboxylic acids is 2. The molecule has 0 aromatic heterocycles. The molecule has 0 radical (unpaired) electrons. The number of nitrogens with zero attached hydrogens (tertiary/aromatic N) is 1. The lowest BCUT2D eigenvalue weighted by atomic mass is 9.95. The first kappa shape index (κ1) is 20.9. The molecule has 1 fully saturated rings. The third kappa shape index (κ3) is 4.26. The van der Waals surface area contributed by atoms with Crippen molar-refractivity contribution < 1.29 is 22.8 Å². The molecule has 3 aromatic rings. The summed E-state index contributed by atoms with van der Waals surface area (Å²) in [5, 5.41) is 1.71. The van der Waals surface area contributed by atoms with Crippen molar-refractivity contribution in [3.05, 3.63) is 71.8 Å². The first-order valence-corrected chi connectivity index (χ1v) is 10.0. The maximum atomic E-state index is 13.1. The molecule has 31 heavy (non-hydrogen) atoms. The molecule has 0 saturated carbocycles. The number of primary amides is 1. The Balaban J connectivity index is 1.63. The van der Waals surface area contributed by atoms with E-state index in [-0.39, 0.29) is 18.9 Å². The van der Waals surface area contributed by atoms with Gasteiger partial charge in [-0.25, -0.2) is 0 Å². The van der Waals surface area contributed by atoms with Gasteiger partial charge in [-0.15, -0.1) is 0 Å². The van der Waals surface area contributed by atoms with Crippen LogP contribution in [-0.2, 0) is 0 Å². The summed E-state index contributed by atoms with van der Waals surface area (Å²) in [5.74, 6) is -2.36. The Kier molecular flexibility index (Phi) is 5.43. The number of carbonyl (C=O) groups is 2. The molecule has 2 amide bonds. The summed E-state index contributed by atoms with van der Waals surface area (Å²) in [6.45, 7) is 0.0301. The van der Waals surface area contributed by atoms with Crippen LogP contribution in [-0.4, -0.2) is 36.0 Å². The zero-order valence-electron chi connectivity index (χ0n) is 16.7. The summed E-state index contributed by atoms with van der Waals surface area (Å²) < 4.78 is 39.3. The van der Waals surface area contributed by atoms with Gasteiger partial charge in [-0.2, -0.15) is 13.2 Å². The van der Waals surface area contributed by atoms with Gasteiger partial charge in [0.2, 0.25) is 5.91 Å². The lowest BCUT2D eigenvalue weighted by Gasteiger charge is -2.33. The Hall–Kier alpha value is -3.35. The number of likely N-dealkylation sites (tertiary alicyclic amines) is 1. The smallest absolute Gasteiger partial charge is 0.366 e. The van der Waals surface area contributed by atoms with Gasteiger partial charge < -0.3 is 10.6 Å². The van der Waals surface area contributed by atoms with E-state index in [2.05, 4.69) is 0 Å². The van der Waals surface area contributed by atoms with E-state index in [0.717, 1.165) is 21.9 Å². The minimum atomic E-state index is -4.29. The highest BCUT2D eigenvalue weighted by Crippen LogP contribution is 2.34. The molecular formula is C24H21F3N2O2. The Morgan fingerprint density at radius 3 is 2.35 bits per heavy atom. The molecule has 2 N–H and O–H groups in total. The van der Waals surface area contributed by atoms with Crippen molar-refractivity contribution in [2.75, 3.05) is 13.1 Å². The van der Waals surface area contributed by atoms with E-state index in [0.29, 0.717) is 24.1 Å². The molecule has 1 saturated heterocycles. The summed E-state index contributed by atoms with van der Waals surface area (Å²) in [6, 6.07) is 17.8. The number of rotatable bonds is 3. The van der Waals surface area contributed by atoms with Crippen molar-refractivity contribution in [1.29, 1.82) is 0 Å². The van der Waals surface area contributed by atoms with Crippen LogP contribution in [0.3, 0.4) is 0 Å². The topological polar surface area (TPSA) is 63.4 Å². The Morgan fingerprint density at radius 2 is 1.68 bits per heavy atom. The van der Waals surface area contributed by atoms with Crippen molar-refractivity contribution in [3.63, 3.8) is 0 Å². The van der Waals surface area contributed by atoms with Gasteiger partial charge in [-0.1, -0.05) is 36.4 Å². The van der Waals surface area contributed by atoms with Crippen LogP contribution in [0.4, 0.5) is 13.2 Å². The van der Waals surface area contributed by atoms with Crippen LogP contribution >= 0.6 is 0 Å². The fourth-order valence-electron chi connectivity index (χ4n) is 4.09. The van der Waals surface area contributed by atoms with Gasteiger partial charge in [0.1, 0.15) is 0 Å². The van der Waals surface area contributed by atoms with Gasteiger partial charge in [0.15, 0.2) is 0 Å². The van der Waals surface area contributed by atoms with Gasteiger partial charge in [0.05, 0.1) is 5.92 Å². The van der Waals surface area contributed by atoms with Gasteiger partial charge in [-0.3, -0.25) is 9.59 Å². The van der Waals surface area contributed by atoms with E-state index < -0.39 is 18.0 Å². The normalized spacial score (nSPS) is 17.0. The van der Waals surface area contributed by atoms with Crippen LogP contribution in [0.2, 0.25) is 0 Å². The van der Waals surface area contributed by atoms with Gasteiger partial charge in [-0.05, 0) is 59.0 Å². The van der Waals surface area contributed by atoms with Crippen molar-refractivity contribution in [2.24, 2.45) is 11.7 Å². The van der Waals surface area contributed by atoms with Crippen molar-refractivity contribution in [3.8, 4) is 11.1 Å². The van der Waals surface area contributed by atoms with E-state index in [1.165, 1.54) is 4.90 Å². The molecule has 0 spiro atoms. The average Bonchev–Trinajstić information content (AvgIpc) is 2.77. The number of hydrogen-bond donors (Lipinski definition) is 1. The molecule has 4 nitrogen and oxygen atoms in total. The first-order chi connectivity index (χ1) is 14.7. The number of nitrogens with two attached hydrogens (primary N) is 1. The third-order valence-corrected chi connectivity index (χ3v) is 5.78. The first-order valence-electron chi connectivity index (χ1n) is 10.0. The lowest BCUT2D eigenvalue weighted by molar-refractivity contribution is -0.184. The summed E-state index contributed by atoms with van der Waals surface area (Å²) in [5.41, 5.74) is 7.89. The largest absolute Gasteiger partial charge is 0.393 e. The molecular weight excluding hydrogens is 405 g/mol. The summed E-state index contributed by atoms with van der Waals surface area (Å²) in [6.07, 6.45) is -3.89. The van der Waals surface area contributed by atoms with Crippen LogP contribution in [0.15, 0.2) is 60.7 Å². The molecule has 0 aliphatic carbocycles. The highest BCUT2D eigenvalue weighted by Gasteiger charge is 2.42. The summed E-state index contributed by atoms with van der Waals surface area (Å²) in [7, 11) is 0. The SMILES string of the molecule is NC(=O)c1ccc(-c2cccc3cc(C(=O)N4CCCC(C(F)(F)F)C4)ccc23)cc1. The number of piperidine rings is 1. The van der Waals surface area contributed by atoms with E-state index in [1.807, 2.05) is 24.3 Å². The molecule has 160 valence electrons. The molecule has 1 unspecified atom stereocenters. The van der Waals surface area contributed by atoms with Crippen LogP contribution in [0.1, 0.15) is 33.6 Å². The predicted octanol–water partition coefficient (Wildman–Crippen LogP) is 5.02. The standard InChI is InChI=1S/C24H21F3N2O2/c25-24(26,27)19-4-2-12-29(14-19)23(31)18-10-11-21-17(13-18)3-1-5-20(21)15-6-8-16(9-7-15)22(28)30/h1,3,5-11,13,19H,2,4,12,14H2,(H2,28,30). The van der Waals surface area contributed by atoms with Crippen molar-refractivity contribution in [1.82, 2.24) is 4.90 Å². The average molecular weight is 426 g/mol. The lowest BCUT2D eigenvalue weighted by Crippen LogP contribution is -2.44. The maximum Gasteiger partial charge on any atom is 0.393 e. The molecule has 1 heterocycles. The Labute approximate surface area is 177 Å². The number of alkyl halides is 3. The summed E-state index contributed by atoms with van der Waals surface area (Å²) in [4.78, 5) is 25.5. The number of hydrogen-bond acceptors (Lipinski definition) is 2. The van der Waals surface area contributed by atoms with E-state index in [9.17, 15) is 22.8 Å². The van der Waals surface area contributed by atoms with Crippen LogP contribution in [0, 0.1) is 5.92 Å². The summed E-state index contributed by atoms with van der Waals surface area (Å²) >= 11 is 0. The van der Waals surface area contributed by atoms with Gasteiger partial charge in [0, 0.05) is 24.2 Å². The van der Waals surface area contributed by atoms with Gasteiger partial charge in [0.25, 0.3) is 5.91 Å². The minimum Gasteiger partial charge on any atom is -0.366 e. The molecule has 7 heteroatoms. The molecule has 0 bridgehead atoms. The second kappa shape index (κ2) is 8.06. The molecule has 1 aliphatic rings. The fraction of sp³-hybridized carbons (Fsp3) is 0.250. The Morgan fingerprint density at radius 1 is 0.968 bits per heavy atom. The van der Waals surface area contributed by atoms with Crippen LogP contribution < -0.4 is 5.73 Å². The molecule has 1 atom stereocenters. The van der Waals surface area contributed by atoms with E-state index >= 15 is 0 Å². The number of fused-ring (bicyclic) bond motifs is 1.